The van der Waals surface area contributed by atoms with Crippen LogP contribution in [0.4, 0.5) is 11.4 Å². The zero-order valence-electron chi connectivity index (χ0n) is 10.3. The summed E-state index contributed by atoms with van der Waals surface area (Å²) in [7, 11) is -3.35. The second kappa shape index (κ2) is 6.01. The van der Waals surface area contributed by atoms with Gasteiger partial charge in [-0.1, -0.05) is 19.3 Å². The van der Waals surface area contributed by atoms with Crippen LogP contribution in [0.1, 0.15) is 32.1 Å². The van der Waals surface area contributed by atoms with Gasteiger partial charge in [-0.25, -0.2) is 8.42 Å². The van der Waals surface area contributed by atoms with E-state index in [0.29, 0.717) is 20.3 Å². The number of nitrogens with one attached hydrogen (secondary N) is 1. The molecule has 106 valence electrons. The molecule has 0 aliphatic heterocycles. The number of sulfonamides is 1. The van der Waals surface area contributed by atoms with Crippen molar-refractivity contribution in [1.82, 2.24) is 0 Å². The third-order valence-corrected chi connectivity index (χ3v) is 6.39. The number of halogens is 2. The fourth-order valence-corrected chi connectivity index (χ4v) is 5.60. The van der Waals surface area contributed by atoms with E-state index in [1.54, 1.807) is 12.1 Å². The van der Waals surface area contributed by atoms with Crippen LogP contribution in [0.3, 0.4) is 0 Å². The van der Waals surface area contributed by atoms with Crippen LogP contribution in [0.2, 0.25) is 0 Å². The van der Waals surface area contributed by atoms with E-state index in [1.807, 2.05) is 0 Å². The molecule has 1 aromatic carbocycles. The van der Waals surface area contributed by atoms with E-state index in [2.05, 4.69) is 36.6 Å². The summed E-state index contributed by atoms with van der Waals surface area (Å²) in [6.45, 7) is 0. The first-order valence-corrected chi connectivity index (χ1v) is 9.29. The quantitative estimate of drug-likeness (QED) is 0.741. The van der Waals surface area contributed by atoms with Crippen LogP contribution in [0, 0.1) is 0 Å². The third-order valence-electron chi connectivity index (χ3n) is 3.30. The van der Waals surface area contributed by atoms with Gasteiger partial charge in [0.1, 0.15) is 0 Å². The minimum Gasteiger partial charge on any atom is -0.399 e. The molecule has 2 rings (SSSR count). The minimum atomic E-state index is -3.35. The van der Waals surface area contributed by atoms with Crippen LogP contribution < -0.4 is 10.5 Å². The number of hydrogen-bond acceptors (Lipinski definition) is 3. The molecule has 1 aliphatic carbocycles. The van der Waals surface area contributed by atoms with Crippen molar-refractivity contribution in [3.05, 3.63) is 21.1 Å². The average Bonchev–Trinajstić information content (AvgIpc) is 2.35. The van der Waals surface area contributed by atoms with Gasteiger partial charge in [-0.05, 0) is 56.8 Å². The number of rotatable bonds is 3. The van der Waals surface area contributed by atoms with Crippen LogP contribution in [-0.4, -0.2) is 13.7 Å². The molecule has 0 amide bonds. The minimum absolute atomic E-state index is 0.294. The highest BCUT2D eigenvalue weighted by Gasteiger charge is 2.28. The van der Waals surface area contributed by atoms with E-state index in [9.17, 15) is 8.42 Å². The smallest absolute Gasteiger partial charge is 0.235 e. The van der Waals surface area contributed by atoms with Gasteiger partial charge in [0.25, 0.3) is 0 Å². The number of anilines is 2. The Bertz CT molecular complexity index is 546. The molecule has 1 aliphatic rings. The second-order valence-corrected chi connectivity index (χ2v) is 8.44. The Balaban J connectivity index is 2.25. The molecule has 1 aromatic rings. The first-order chi connectivity index (χ1) is 8.90. The largest absolute Gasteiger partial charge is 0.399 e. The van der Waals surface area contributed by atoms with Gasteiger partial charge in [0.15, 0.2) is 0 Å². The molecule has 0 radical (unpaired) electrons. The molecule has 0 bridgehead atoms. The van der Waals surface area contributed by atoms with E-state index in [4.69, 9.17) is 5.73 Å². The topological polar surface area (TPSA) is 72.2 Å². The van der Waals surface area contributed by atoms with Gasteiger partial charge in [-0.3, -0.25) is 4.72 Å². The summed E-state index contributed by atoms with van der Waals surface area (Å²) in [6.07, 6.45) is 4.56. The van der Waals surface area contributed by atoms with Crippen molar-refractivity contribution in [2.45, 2.75) is 37.4 Å². The van der Waals surface area contributed by atoms with Gasteiger partial charge in [0.2, 0.25) is 10.0 Å². The summed E-state index contributed by atoms with van der Waals surface area (Å²) in [4.78, 5) is 0. The molecule has 7 heteroatoms. The Hall–Kier alpha value is -0.270. The summed E-state index contributed by atoms with van der Waals surface area (Å²) in [5, 5.41) is -0.294. The normalized spacial score (nSPS) is 17.4. The zero-order valence-corrected chi connectivity index (χ0v) is 14.3. The lowest BCUT2D eigenvalue weighted by atomic mass is 10.0. The average molecular weight is 412 g/mol. The Morgan fingerprint density at radius 1 is 1.11 bits per heavy atom. The van der Waals surface area contributed by atoms with Crippen molar-refractivity contribution in [3.63, 3.8) is 0 Å². The molecule has 0 unspecified atom stereocenters. The second-order valence-electron chi connectivity index (χ2n) is 4.77. The molecule has 1 saturated carbocycles. The first-order valence-electron chi connectivity index (χ1n) is 6.16. The van der Waals surface area contributed by atoms with Gasteiger partial charge in [0.05, 0.1) is 10.9 Å². The highest BCUT2D eigenvalue weighted by atomic mass is 79.9. The zero-order chi connectivity index (χ0) is 14.0. The highest BCUT2D eigenvalue weighted by Crippen LogP contribution is 2.35. The predicted molar refractivity (Wildman–Crippen MR) is 85.7 cm³/mol. The molecule has 1 fully saturated rings. The van der Waals surface area contributed by atoms with E-state index in [-0.39, 0.29) is 5.25 Å². The van der Waals surface area contributed by atoms with Gasteiger partial charge in [0, 0.05) is 14.6 Å². The Morgan fingerprint density at radius 2 is 1.63 bits per heavy atom. The summed E-state index contributed by atoms with van der Waals surface area (Å²) in [5.41, 5.74) is 6.78. The lowest BCUT2D eigenvalue weighted by molar-refractivity contribution is 0.486. The van der Waals surface area contributed by atoms with E-state index < -0.39 is 10.0 Å². The fraction of sp³-hybridized carbons (Fsp3) is 0.500. The first kappa shape index (κ1) is 15.1. The summed E-state index contributed by atoms with van der Waals surface area (Å²) < 4.78 is 28.7. The van der Waals surface area contributed by atoms with Crippen molar-refractivity contribution in [2.24, 2.45) is 0 Å². The number of nitrogen functional groups attached to an aromatic ring is 1. The van der Waals surface area contributed by atoms with Crippen LogP contribution in [-0.2, 0) is 10.0 Å². The van der Waals surface area contributed by atoms with Crippen LogP contribution in [0.25, 0.3) is 0 Å². The summed E-state index contributed by atoms with van der Waals surface area (Å²) >= 11 is 6.68. The predicted octanol–water partition coefficient (Wildman–Crippen LogP) is 3.87. The Kier molecular flexibility index (Phi) is 4.79. The molecule has 0 aromatic heterocycles. The maximum absolute atomic E-state index is 12.4. The lowest BCUT2D eigenvalue weighted by Gasteiger charge is -2.23. The molecular weight excluding hydrogens is 396 g/mol. The molecule has 19 heavy (non-hydrogen) atoms. The monoisotopic (exact) mass is 410 g/mol. The summed E-state index contributed by atoms with van der Waals surface area (Å²) in [5.74, 6) is 0. The van der Waals surface area contributed by atoms with Crippen molar-refractivity contribution < 1.29 is 8.42 Å². The number of nitrogens with two attached hydrogens (primary N) is 1. The van der Waals surface area contributed by atoms with Gasteiger partial charge in [-0.15, -0.1) is 0 Å². The highest BCUT2D eigenvalue weighted by molar-refractivity contribution is 9.11. The third kappa shape index (κ3) is 3.64. The van der Waals surface area contributed by atoms with E-state index in [0.717, 1.165) is 32.1 Å². The van der Waals surface area contributed by atoms with Crippen molar-refractivity contribution >= 4 is 53.3 Å². The van der Waals surface area contributed by atoms with E-state index >= 15 is 0 Å². The molecule has 0 saturated heterocycles. The van der Waals surface area contributed by atoms with Crippen LogP contribution in [0.5, 0.6) is 0 Å². The van der Waals surface area contributed by atoms with Gasteiger partial charge in [-0.2, -0.15) is 0 Å². The number of hydrogen-bond donors (Lipinski definition) is 2. The molecule has 0 atom stereocenters. The maximum Gasteiger partial charge on any atom is 0.235 e. The van der Waals surface area contributed by atoms with Gasteiger partial charge >= 0.3 is 0 Å². The van der Waals surface area contributed by atoms with E-state index in [1.165, 1.54) is 0 Å². The SMILES string of the molecule is Nc1cc(Br)c(NS(=O)(=O)C2CCCCC2)c(Br)c1. The molecule has 3 N–H and O–H groups in total. The van der Waals surface area contributed by atoms with Crippen molar-refractivity contribution in [1.29, 1.82) is 0 Å². The van der Waals surface area contributed by atoms with Gasteiger partial charge < -0.3 is 5.73 Å². The lowest BCUT2D eigenvalue weighted by Crippen LogP contribution is -2.30. The standard InChI is InChI=1S/C12H16Br2N2O2S/c13-10-6-8(15)7-11(14)12(10)16-19(17,18)9-4-2-1-3-5-9/h6-7,9,16H,1-5,15H2. The molecule has 0 heterocycles. The number of benzene rings is 1. The maximum atomic E-state index is 12.4. The Morgan fingerprint density at radius 3 is 2.16 bits per heavy atom. The fourth-order valence-electron chi connectivity index (χ4n) is 2.29. The molecule has 4 nitrogen and oxygen atoms in total. The van der Waals surface area contributed by atoms with Crippen molar-refractivity contribution in [3.8, 4) is 0 Å². The van der Waals surface area contributed by atoms with Crippen LogP contribution >= 0.6 is 31.9 Å². The molecular formula is C12H16Br2N2O2S. The Labute approximate surface area is 130 Å². The molecule has 0 spiro atoms. The van der Waals surface area contributed by atoms with Crippen molar-refractivity contribution in [2.75, 3.05) is 10.5 Å². The summed E-state index contributed by atoms with van der Waals surface area (Å²) in [6, 6.07) is 3.37. The van der Waals surface area contributed by atoms with Crippen LogP contribution in [0.15, 0.2) is 21.1 Å².